The van der Waals surface area contributed by atoms with Crippen LogP contribution in [0.4, 0.5) is 10.5 Å². The molecule has 0 unspecified atom stereocenters. The molecule has 0 bridgehead atoms. The zero-order valence-corrected chi connectivity index (χ0v) is 17.3. The van der Waals surface area contributed by atoms with Crippen molar-refractivity contribution < 1.29 is 14.3 Å². The Balaban J connectivity index is 1.58. The van der Waals surface area contributed by atoms with E-state index in [4.69, 9.17) is 44.3 Å². The summed E-state index contributed by atoms with van der Waals surface area (Å²) in [5.74, 6) is 0.673. The van der Waals surface area contributed by atoms with Gasteiger partial charge in [0.15, 0.2) is 0 Å². The van der Waals surface area contributed by atoms with Crippen LogP contribution >= 0.6 is 46.1 Å². The molecule has 2 aromatic carbocycles. The molecule has 0 spiro atoms. The minimum absolute atomic E-state index is 0.341. The van der Waals surface area contributed by atoms with E-state index in [-0.39, 0.29) is 6.61 Å². The predicted molar refractivity (Wildman–Crippen MR) is 110 cm³/mol. The third-order valence-corrected chi connectivity index (χ3v) is 4.84. The third-order valence-electron chi connectivity index (χ3n) is 3.50. The summed E-state index contributed by atoms with van der Waals surface area (Å²) in [7, 11) is 0. The van der Waals surface area contributed by atoms with Gasteiger partial charge in [0.05, 0.1) is 10.2 Å². The first kappa shape index (κ1) is 20.0. The summed E-state index contributed by atoms with van der Waals surface area (Å²) in [6.45, 7) is 1.87. The number of fused-ring (bicyclic) bond motifs is 1. The van der Waals surface area contributed by atoms with E-state index in [2.05, 4.69) is 10.3 Å². The van der Waals surface area contributed by atoms with Crippen molar-refractivity contribution in [1.29, 1.82) is 0 Å². The summed E-state index contributed by atoms with van der Waals surface area (Å²) in [4.78, 5) is 16.3. The van der Waals surface area contributed by atoms with Crippen LogP contribution in [0.15, 0.2) is 42.5 Å². The number of anilines is 1. The zero-order valence-electron chi connectivity index (χ0n) is 14.2. The van der Waals surface area contributed by atoms with Crippen molar-refractivity contribution >= 4 is 68.1 Å². The molecule has 0 saturated carbocycles. The number of benzene rings is 2. The van der Waals surface area contributed by atoms with Gasteiger partial charge in [0.25, 0.3) is 0 Å². The van der Waals surface area contributed by atoms with Crippen LogP contribution in [0.2, 0.25) is 0 Å². The molecule has 0 aliphatic rings. The number of carbonyl (C=O) groups excluding carboxylic acids is 1. The Hall–Kier alpha value is -1.73. The van der Waals surface area contributed by atoms with Gasteiger partial charge in [-0.15, -0.1) is 11.3 Å². The molecule has 0 aliphatic carbocycles. The Labute approximate surface area is 175 Å². The lowest BCUT2D eigenvalue weighted by atomic mass is 10.2. The third kappa shape index (κ3) is 5.87. The van der Waals surface area contributed by atoms with Crippen LogP contribution in [0.25, 0.3) is 10.2 Å². The molecule has 3 rings (SSSR count). The van der Waals surface area contributed by atoms with Gasteiger partial charge in [0.1, 0.15) is 24.0 Å². The lowest BCUT2D eigenvalue weighted by Gasteiger charge is -2.13. The number of hydrogen-bond donors (Lipinski definition) is 1. The fourth-order valence-corrected chi connectivity index (χ4v) is 3.33. The molecule has 1 N–H and O–H groups in total. The minimum Gasteiger partial charge on any atom is -0.486 e. The number of halogens is 3. The highest BCUT2D eigenvalue weighted by atomic mass is 35.6. The summed E-state index contributed by atoms with van der Waals surface area (Å²) in [6.07, 6.45) is -0.701. The second kappa shape index (κ2) is 8.52. The fraction of sp³-hybridized carbons (Fsp3) is 0.222. The van der Waals surface area contributed by atoms with Gasteiger partial charge in [0, 0.05) is 5.69 Å². The Bertz CT molecular complexity index is 923. The molecule has 142 valence electrons. The number of aryl methyl sites for hydroxylation is 1. The molecular weight excluding hydrogens is 431 g/mol. The van der Waals surface area contributed by atoms with Gasteiger partial charge in [-0.2, -0.15) is 0 Å². The maximum absolute atomic E-state index is 11.7. The first-order chi connectivity index (χ1) is 12.8. The average Bonchev–Trinajstić information content (AvgIpc) is 3.03. The van der Waals surface area contributed by atoms with E-state index in [1.807, 2.05) is 37.3 Å². The fourth-order valence-electron chi connectivity index (χ4n) is 2.29. The SMILES string of the molecule is Cc1cc(OCc2nc3ccccc3s2)ccc1NC(=O)OCC(Cl)(Cl)Cl. The maximum Gasteiger partial charge on any atom is 0.411 e. The number of hydrogen-bond acceptors (Lipinski definition) is 5. The Kier molecular flexibility index (Phi) is 6.32. The molecule has 5 nitrogen and oxygen atoms in total. The first-order valence-electron chi connectivity index (χ1n) is 7.88. The van der Waals surface area contributed by atoms with Crippen molar-refractivity contribution in [3.63, 3.8) is 0 Å². The monoisotopic (exact) mass is 444 g/mol. The standard InChI is InChI=1S/C18H15Cl3N2O3S/c1-11-8-12(6-7-13(11)23-17(24)26-10-18(19,20)21)25-9-16-22-14-4-2-3-5-15(14)27-16/h2-8H,9-10H2,1H3,(H,23,24). The second-order valence-corrected chi connectivity index (χ2v) is 9.29. The lowest BCUT2D eigenvalue weighted by Crippen LogP contribution is -2.21. The van der Waals surface area contributed by atoms with E-state index in [1.54, 1.807) is 23.5 Å². The molecule has 0 aliphatic heterocycles. The van der Waals surface area contributed by atoms with Crippen molar-refractivity contribution in [3.05, 3.63) is 53.0 Å². The van der Waals surface area contributed by atoms with Gasteiger partial charge in [0.2, 0.25) is 3.79 Å². The lowest BCUT2D eigenvalue weighted by molar-refractivity contribution is 0.164. The summed E-state index contributed by atoms with van der Waals surface area (Å²) < 4.78 is 10.1. The number of aromatic nitrogens is 1. The number of nitrogens with zero attached hydrogens (tertiary/aromatic N) is 1. The van der Waals surface area contributed by atoms with Gasteiger partial charge < -0.3 is 9.47 Å². The van der Waals surface area contributed by atoms with E-state index in [0.29, 0.717) is 18.0 Å². The average molecular weight is 446 g/mol. The van der Waals surface area contributed by atoms with Crippen LogP contribution in [-0.2, 0) is 11.3 Å². The van der Waals surface area contributed by atoms with E-state index >= 15 is 0 Å². The van der Waals surface area contributed by atoms with Gasteiger partial charge >= 0.3 is 6.09 Å². The Morgan fingerprint density at radius 1 is 1.22 bits per heavy atom. The molecule has 0 fully saturated rings. The molecule has 0 atom stereocenters. The van der Waals surface area contributed by atoms with Crippen LogP contribution in [0.3, 0.4) is 0 Å². The summed E-state index contributed by atoms with van der Waals surface area (Å²) in [5.41, 5.74) is 2.35. The smallest absolute Gasteiger partial charge is 0.411 e. The van der Waals surface area contributed by atoms with E-state index in [0.717, 1.165) is 20.8 Å². The number of ether oxygens (including phenoxy) is 2. The number of nitrogens with one attached hydrogen (secondary N) is 1. The molecule has 1 aromatic heterocycles. The summed E-state index contributed by atoms with van der Waals surface area (Å²) in [6, 6.07) is 13.2. The van der Waals surface area contributed by atoms with E-state index in [9.17, 15) is 4.79 Å². The van der Waals surface area contributed by atoms with Gasteiger partial charge in [-0.3, -0.25) is 5.32 Å². The number of thiazole rings is 1. The van der Waals surface area contributed by atoms with Crippen LogP contribution in [0.5, 0.6) is 5.75 Å². The van der Waals surface area contributed by atoms with Crippen LogP contribution in [-0.4, -0.2) is 21.5 Å². The topological polar surface area (TPSA) is 60.5 Å². The molecule has 1 heterocycles. The maximum atomic E-state index is 11.7. The van der Waals surface area contributed by atoms with Crippen LogP contribution in [0, 0.1) is 6.92 Å². The number of para-hydroxylation sites is 1. The van der Waals surface area contributed by atoms with Crippen molar-refractivity contribution in [2.45, 2.75) is 17.3 Å². The molecule has 27 heavy (non-hydrogen) atoms. The van der Waals surface area contributed by atoms with Gasteiger partial charge in [-0.1, -0.05) is 46.9 Å². The minimum atomic E-state index is -1.65. The highest BCUT2D eigenvalue weighted by Crippen LogP contribution is 2.27. The summed E-state index contributed by atoms with van der Waals surface area (Å²) in [5, 5.41) is 3.49. The Morgan fingerprint density at radius 3 is 2.70 bits per heavy atom. The van der Waals surface area contributed by atoms with Crippen molar-refractivity contribution in [3.8, 4) is 5.75 Å². The van der Waals surface area contributed by atoms with Gasteiger partial charge in [-0.05, 0) is 42.8 Å². The summed E-state index contributed by atoms with van der Waals surface area (Å²) >= 11 is 18.2. The molecule has 1 amide bonds. The number of amides is 1. The highest BCUT2D eigenvalue weighted by molar-refractivity contribution is 7.18. The Morgan fingerprint density at radius 2 is 2.00 bits per heavy atom. The van der Waals surface area contributed by atoms with E-state index < -0.39 is 9.89 Å². The zero-order chi connectivity index (χ0) is 19.4. The van der Waals surface area contributed by atoms with E-state index in [1.165, 1.54) is 0 Å². The molecule has 3 aromatic rings. The molecule has 9 heteroatoms. The van der Waals surface area contributed by atoms with Crippen molar-refractivity contribution in [2.75, 3.05) is 11.9 Å². The highest BCUT2D eigenvalue weighted by Gasteiger charge is 2.22. The van der Waals surface area contributed by atoms with Gasteiger partial charge in [-0.25, -0.2) is 9.78 Å². The molecule has 0 radical (unpaired) electrons. The largest absolute Gasteiger partial charge is 0.486 e. The second-order valence-electron chi connectivity index (χ2n) is 5.66. The predicted octanol–water partition coefficient (Wildman–Crippen LogP) is 6.10. The number of carbonyl (C=O) groups is 1. The molecular formula is C18H15Cl3N2O3S. The quantitative estimate of drug-likeness (QED) is 0.482. The number of rotatable bonds is 5. The molecule has 0 saturated heterocycles. The normalized spacial score (nSPS) is 11.4. The van der Waals surface area contributed by atoms with Crippen LogP contribution in [0.1, 0.15) is 10.6 Å². The number of alkyl halides is 3. The first-order valence-corrected chi connectivity index (χ1v) is 9.84. The van der Waals surface area contributed by atoms with Crippen molar-refractivity contribution in [1.82, 2.24) is 4.98 Å². The van der Waals surface area contributed by atoms with Crippen molar-refractivity contribution in [2.24, 2.45) is 0 Å². The van der Waals surface area contributed by atoms with Crippen LogP contribution < -0.4 is 10.1 Å².